The minimum atomic E-state index is -3.71. The van der Waals surface area contributed by atoms with Crippen LogP contribution in [0.15, 0.2) is 71.6 Å². The summed E-state index contributed by atoms with van der Waals surface area (Å²) in [5.41, 5.74) is 7.56. The average Bonchev–Trinajstić information content (AvgIpc) is 3.04. The first-order valence-corrected chi connectivity index (χ1v) is 19.6. The minimum Gasteiger partial charge on any atom is -0.382 e. The molecule has 2 atom stereocenters. The van der Waals surface area contributed by atoms with Crippen LogP contribution in [0.3, 0.4) is 0 Å². The van der Waals surface area contributed by atoms with Gasteiger partial charge in [-0.3, -0.25) is 0 Å². The Labute approximate surface area is 295 Å². The van der Waals surface area contributed by atoms with Gasteiger partial charge in [-0.2, -0.15) is 0 Å². The predicted molar refractivity (Wildman–Crippen MR) is 201 cm³/mol. The zero-order chi connectivity index (χ0) is 35.5. The van der Waals surface area contributed by atoms with Crippen LogP contribution in [0.4, 0.5) is 5.69 Å². The van der Waals surface area contributed by atoms with E-state index in [1.54, 1.807) is 12.1 Å². The summed E-state index contributed by atoms with van der Waals surface area (Å²) in [7, 11) is -3.71. The maximum atomic E-state index is 11.7. The lowest BCUT2D eigenvalue weighted by atomic mass is 9.74. The molecule has 2 aliphatic rings. The first-order valence-electron chi connectivity index (χ1n) is 18.1. The van der Waals surface area contributed by atoms with Crippen molar-refractivity contribution < 1.29 is 17.9 Å². The third-order valence-corrected chi connectivity index (χ3v) is 11.4. The summed E-state index contributed by atoms with van der Waals surface area (Å²) < 4.78 is 35.2. The average molecular weight is 690 g/mol. The maximum Gasteiger partial charge on any atom is 0.238 e. The van der Waals surface area contributed by atoms with E-state index in [9.17, 15) is 8.42 Å². The Morgan fingerprint density at radius 1 is 0.796 bits per heavy atom. The molecule has 8 heteroatoms. The molecule has 268 valence electrons. The van der Waals surface area contributed by atoms with Crippen LogP contribution < -0.4 is 15.8 Å². The van der Waals surface area contributed by atoms with E-state index in [4.69, 9.17) is 14.6 Å². The molecule has 2 aliphatic heterocycles. The van der Waals surface area contributed by atoms with Crippen molar-refractivity contribution in [1.82, 2.24) is 5.32 Å². The second-order valence-electron chi connectivity index (χ2n) is 16.7. The molecule has 2 unspecified atom stereocenters. The maximum absolute atomic E-state index is 11.7. The SMILES string of the molecule is CC(C)(C)c1cc(CNC2CCOCC2)ccc1CC(C)(C)c1cccc(NC2CCOC(CC(C)(C)c3ccc(S(N)(=O)=O)cc3)C2)c1. The summed E-state index contributed by atoms with van der Waals surface area (Å²) in [6, 6.07) is 23.9. The number of sulfonamides is 1. The fraction of sp³-hybridized carbons (Fsp3) is 0.561. The summed E-state index contributed by atoms with van der Waals surface area (Å²) in [5, 5.41) is 12.9. The second kappa shape index (κ2) is 15.2. The van der Waals surface area contributed by atoms with Gasteiger partial charge < -0.3 is 20.1 Å². The van der Waals surface area contributed by atoms with E-state index in [0.29, 0.717) is 18.7 Å². The van der Waals surface area contributed by atoms with Crippen molar-refractivity contribution in [2.24, 2.45) is 5.14 Å². The fourth-order valence-electron chi connectivity index (χ4n) is 7.53. The van der Waals surface area contributed by atoms with Gasteiger partial charge in [-0.25, -0.2) is 13.6 Å². The number of rotatable bonds is 12. The largest absolute Gasteiger partial charge is 0.382 e. The number of ether oxygens (including phenoxy) is 2. The van der Waals surface area contributed by atoms with Crippen LogP contribution in [0.1, 0.15) is 108 Å². The fourth-order valence-corrected chi connectivity index (χ4v) is 8.05. The van der Waals surface area contributed by atoms with Crippen molar-refractivity contribution in [2.75, 3.05) is 25.1 Å². The lowest BCUT2D eigenvalue weighted by molar-refractivity contribution is -0.00451. The van der Waals surface area contributed by atoms with Crippen LogP contribution in [0.25, 0.3) is 0 Å². The van der Waals surface area contributed by atoms with E-state index in [1.807, 2.05) is 12.1 Å². The van der Waals surface area contributed by atoms with E-state index in [0.717, 1.165) is 69.5 Å². The van der Waals surface area contributed by atoms with Gasteiger partial charge in [-0.05, 0) is 107 Å². The number of hydrogen-bond donors (Lipinski definition) is 3. The van der Waals surface area contributed by atoms with Crippen LogP contribution in [-0.2, 0) is 48.7 Å². The normalized spacial score (nSPS) is 19.9. The monoisotopic (exact) mass is 689 g/mol. The number of benzene rings is 3. The molecule has 0 aromatic heterocycles. The second-order valence-corrected chi connectivity index (χ2v) is 18.2. The first-order chi connectivity index (χ1) is 23.0. The highest BCUT2D eigenvalue weighted by Crippen LogP contribution is 2.36. The summed E-state index contributed by atoms with van der Waals surface area (Å²) in [5.74, 6) is 0. The molecular weight excluding hydrogens is 631 g/mol. The summed E-state index contributed by atoms with van der Waals surface area (Å²) >= 11 is 0. The molecule has 2 fully saturated rings. The van der Waals surface area contributed by atoms with E-state index >= 15 is 0 Å². The molecular formula is C41H59N3O4S. The molecule has 3 aromatic carbocycles. The molecule has 4 N–H and O–H groups in total. The Kier molecular flexibility index (Phi) is 11.7. The third kappa shape index (κ3) is 10.2. The molecule has 7 nitrogen and oxygen atoms in total. The Morgan fingerprint density at radius 3 is 2.16 bits per heavy atom. The molecule has 2 heterocycles. The van der Waals surface area contributed by atoms with Gasteiger partial charge in [-0.1, -0.05) is 90.9 Å². The molecule has 3 aromatic rings. The van der Waals surface area contributed by atoms with Crippen LogP contribution in [0.2, 0.25) is 0 Å². The quantitative estimate of drug-likeness (QED) is 0.180. The highest BCUT2D eigenvalue weighted by atomic mass is 32.2. The van der Waals surface area contributed by atoms with E-state index in [1.165, 1.54) is 22.3 Å². The Morgan fingerprint density at radius 2 is 1.49 bits per heavy atom. The van der Waals surface area contributed by atoms with Crippen LogP contribution in [0.5, 0.6) is 0 Å². The minimum absolute atomic E-state index is 0.0479. The van der Waals surface area contributed by atoms with Gasteiger partial charge in [0.05, 0.1) is 11.0 Å². The lowest BCUT2D eigenvalue weighted by Crippen LogP contribution is -2.37. The third-order valence-electron chi connectivity index (χ3n) is 10.5. The molecule has 0 radical (unpaired) electrons. The molecule has 0 bridgehead atoms. The zero-order valence-corrected chi connectivity index (χ0v) is 31.6. The molecule has 0 spiro atoms. The number of nitrogens with one attached hydrogen (secondary N) is 2. The summed E-state index contributed by atoms with van der Waals surface area (Å²) in [6.45, 7) is 19.4. The van der Waals surface area contributed by atoms with Crippen molar-refractivity contribution in [3.63, 3.8) is 0 Å². The van der Waals surface area contributed by atoms with Gasteiger partial charge in [0, 0.05) is 44.1 Å². The molecule has 0 aliphatic carbocycles. The molecule has 0 saturated carbocycles. The van der Waals surface area contributed by atoms with Crippen LogP contribution >= 0.6 is 0 Å². The number of primary sulfonamides is 1. The van der Waals surface area contributed by atoms with Crippen molar-refractivity contribution in [3.05, 3.63) is 94.5 Å². The van der Waals surface area contributed by atoms with Crippen molar-refractivity contribution in [2.45, 2.75) is 133 Å². The van der Waals surface area contributed by atoms with Gasteiger partial charge in [0.25, 0.3) is 0 Å². The van der Waals surface area contributed by atoms with Crippen molar-refractivity contribution in [1.29, 1.82) is 0 Å². The van der Waals surface area contributed by atoms with E-state index in [2.05, 4.69) is 102 Å². The van der Waals surface area contributed by atoms with Gasteiger partial charge in [0.15, 0.2) is 0 Å². The Hall–Kier alpha value is -2.75. The summed E-state index contributed by atoms with van der Waals surface area (Å²) in [6.07, 6.45) is 5.94. The number of nitrogens with two attached hydrogens (primary N) is 1. The molecule has 2 saturated heterocycles. The first kappa shape index (κ1) is 37.5. The van der Waals surface area contributed by atoms with Crippen molar-refractivity contribution in [3.8, 4) is 0 Å². The standard InChI is InChI=1S/C41H59N3O4S/c1-39(2,3)38-23-29(28-43-33-17-20-47-21-18-33)11-12-30(38)26-40(4,5)32-9-8-10-34(24-32)44-35-19-22-48-36(25-35)27-41(6,7)31-13-15-37(16-14-31)49(42,45)46/h8-16,23-24,33,35-36,43-44H,17-22,25-28H2,1-7H3,(H2,42,45,46). The van der Waals surface area contributed by atoms with Gasteiger partial charge in [0.2, 0.25) is 10.0 Å². The van der Waals surface area contributed by atoms with E-state index < -0.39 is 10.0 Å². The highest BCUT2D eigenvalue weighted by Gasteiger charge is 2.31. The lowest BCUT2D eigenvalue weighted by Gasteiger charge is -2.36. The van der Waals surface area contributed by atoms with Crippen molar-refractivity contribution >= 4 is 15.7 Å². The topological polar surface area (TPSA) is 103 Å². The van der Waals surface area contributed by atoms with Gasteiger partial charge in [0.1, 0.15) is 0 Å². The Bertz CT molecular complexity index is 1650. The van der Waals surface area contributed by atoms with Crippen LogP contribution in [0, 0.1) is 0 Å². The summed E-state index contributed by atoms with van der Waals surface area (Å²) in [4.78, 5) is 0.136. The van der Waals surface area contributed by atoms with E-state index in [-0.39, 0.29) is 27.2 Å². The highest BCUT2D eigenvalue weighted by molar-refractivity contribution is 7.89. The van der Waals surface area contributed by atoms with Crippen LogP contribution in [-0.4, -0.2) is 46.4 Å². The Balaban J connectivity index is 1.23. The number of anilines is 1. The number of hydrogen-bond acceptors (Lipinski definition) is 6. The molecule has 0 amide bonds. The zero-order valence-electron chi connectivity index (χ0n) is 30.8. The predicted octanol–water partition coefficient (Wildman–Crippen LogP) is 7.75. The molecule has 5 rings (SSSR count). The van der Waals surface area contributed by atoms with Gasteiger partial charge >= 0.3 is 0 Å². The molecule has 49 heavy (non-hydrogen) atoms. The smallest absolute Gasteiger partial charge is 0.238 e. The van der Waals surface area contributed by atoms with Gasteiger partial charge in [-0.15, -0.1) is 0 Å².